The fraction of sp³-hybridized carbons (Fsp3) is 0.375. The standard InChI is InChI=1S/C16H20N4O/c1-16(2,3)18-8-13-12-6-4-5-7-14(12)21-15(13)9-20-11-17-10-19-20/h4-7,10-11,18H,8-9H2,1-3H3. The number of hydrogen-bond donors (Lipinski definition) is 1. The fourth-order valence-electron chi connectivity index (χ4n) is 2.29. The highest BCUT2D eigenvalue weighted by molar-refractivity contribution is 5.82. The lowest BCUT2D eigenvalue weighted by molar-refractivity contribution is 0.418. The van der Waals surface area contributed by atoms with Gasteiger partial charge in [0.05, 0.1) is 0 Å². The van der Waals surface area contributed by atoms with E-state index in [1.165, 1.54) is 11.9 Å². The Kier molecular flexibility index (Phi) is 3.51. The van der Waals surface area contributed by atoms with Gasteiger partial charge >= 0.3 is 0 Å². The Morgan fingerprint density at radius 1 is 1.24 bits per heavy atom. The van der Waals surface area contributed by atoms with Crippen LogP contribution in [0.5, 0.6) is 0 Å². The Morgan fingerprint density at radius 2 is 2.05 bits per heavy atom. The highest BCUT2D eigenvalue weighted by Crippen LogP contribution is 2.26. The van der Waals surface area contributed by atoms with Gasteiger partial charge in [-0.2, -0.15) is 5.10 Å². The maximum Gasteiger partial charge on any atom is 0.137 e. The Bertz CT molecular complexity index is 722. The van der Waals surface area contributed by atoms with E-state index in [9.17, 15) is 0 Å². The summed E-state index contributed by atoms with van der Waals surface area (Å²) in [4.78, 5) is 3.98. The van der Waals surface area contributed by atoms with Crippen LogP contribution in [0, 0.1) is 0 Å². The molecule has 21 heavy (non-hydrogen) atoms. The minimum Gasteiger partial charge on any atom is -0.459 e. The Morgan fingerprint density at radius 3 is 2.76 bits per heavy atom. The quantitative estimate of drug-likeness (QED) is 0.800. The monoisotopic (exact) mass is 284 g/mol. The molecule has 5 heteroatoms. The summed E-state index contributed by atoms with van der Waals surface area (Å²) in [5.74, 6) is 0.929. The molecule has 2 heterocycles. The van der Waals surface area contributed by atoms with E-state index in [-0.39, 0.29) is 5.54 Å². The van der Waals surface area contributed by atoms with Crippen LogP contribution in [0.3, 0.4) is 0 Å². The second-order valence-corrected chi connectivity index (χ2v) is 6.20. The van der Waals surface area contributed by atoms with Gasteiger partial charge < -0.3 is 9.73 Å². The van der Waals surface area contributed by atoms with Crippen molar-refractivity contribution in [3.8, 4) is 0 Å². The molecule has 0 unspecified atom stereocenters. The van der Waals surface area contributed by atoms with Crippen molar-refractivity contribution in [2.24, 2.45) is 0 Å². The fourth-order valence-corrected chi connectivity index (χ4v) is 2.29. The predicted octanol–water partition coefficient (Wildman–Crippen LogP) is 2.96. The van der Waals surface area contributed by atoms with Gasteiger partial charge in [0.15, 0.2) is 0 Å². The first-order chi connectivity index (χ1) is 10.0. The van der Waals surface area contributed by atoms with E-state index in [1.54, 1.807) is 11.0 Å². The third-order valence-electron chi connectivity index (χ3n) is 3.35. The largest absolute Gasteiger partial charge is 0.459 e. The highest BCUT2D eigenvalue weighted by Gasteiger charge is 2.17. The summed E-state index contributed by atoms with van der Waals surface area (Å²) >= 11 is 0. The average molecular weight is 284 g/mol. The average Bonchev–Trinajstić information content (AvgIpc) is 3.03. The molecule has 0 aliphatic heterocycles. The molecule has 0 saturated carbocycles. The van der Waals surface area contributed by atoms with Crippen LogP contribution < -0.4 is 5.32 Å². The second-order valence-electron chi connectivity index (χ2n) is 6.20. The van der Waals surface area contributed by atoms with E-state index < -0.39 is 0 Å². The minimum atomic E-state index is 0.0584. The summed E-state index contributed by atoms with van der Waals surface area (Å²) in [6.45, 7) is 7.84. The van der Waals surface area contributed by atoms with Crippen molar-refractivity contribution in [3.05, 3.63) is 48.2 Å². The zero-order valence-electron chi connectivity index (χ0n) is 12.6. The zero-order valence-corrected chi connectivity index (χ0v) is 12.6. The Hall–Kier alpha value is -2.14. The number of aromatic nitrogens is 3. The van der Waals surface area contributed by atoms with Crippen molar-refractivity contribution in [3.63, 3.8) is 0 Å². The summed E-state index contributed by atoms with van der Waals surface area (Å²) in [5, 5.41) is 8.84. The molecule has 0 amide bonds. The molecule has 3 aromatic rings. The molecule has 0 fully saturated rings. The molecule has 0 atom stereocenters. The van der Waals surface area contributed by atoms with E-state index in [1.807, 2.05) is 18.2 Å². The molecular weight excluding hydrogens is 264 g/mol. The number of fused-ring (bicyclic) bond motifs is 1. The van der Waals surface area contributed by atoms with Gasteiger partial charge in [0.1, 0.15) is 30.5 Å². The van der Waals surface area contributed by atoms with Gasteiger partial charge in [0.2, 0.25) is 0 Å². The first-order valence-corrected chi connectivity index (χ1v) is 7.10. The molecule has 0 aliphatic rings. The van der Waals surface area contributed by atoms with Gasteiger partial charge in [-0.05, 0) is 26.8 Å². The van der Waals surface area contributed by atoms with Crippen LogP contribution >= 0.6 is 0 Å². The van der Waals surface area contributed by atoms with Crippen LogP contribution in [0.25, 0.3) is 11.0 Å². The van der Waals surface area contributed by atoms with E-state index in [0.29, 0.717) is 6.54 Å². The third-order valence-corrected chi connectivity index (χ3v) is 3.35. The number of nitrogens with one attached hydrogen (secondary N) is 1. The van der Waals surface area contributed by atoms with Crippen LogP contribution in [0.2, 0.25) is 0 Å². The molecule has 3 rings (SSSR count). The van der Waals surface area contributed by atoms with Crippen LogP contribution in [-0.2, 0) is 13.1 Å². The van der Waals surface area contributed by atoms with Gasteiger partial charge in [0.25, 0.3) is 0 Å². The first-order valence-electron chi connectivity index (χ1n) is 7.10. The van der Waals surface area contributed by atoms with Crippen LogP contribution in [0.15, 0.2) is 41.3 Å². The van der Waals surface area contributed by atoms with Crippen molar-refractivity contribution in [2.45, 2.75) is 39.4 Å². The lowest BCUT2D eigenvalue weighted by Crippen LogP contribution is -2.35. The molecule has 0 bridgehead atoms. The summed E-state index contributed by atoms with van der Waals surface area (Å²) < 4.78 is 7.79. The molecule has 0 radical (unpaired) electrons. The number of rotatable bonds is 4. The van der Waals surface area contributed by atoms with Crippen molar-refractivity contribution >= 4 is 11.0 Å². The second kappa shape index (κ2) is 5.33. The zero-order chi connectivity index (χ0) is 14.9. The maximum atomic E-state index is 6.01. The number of para-hydroxylation sites is 1. The number of hydrogen-bond acceptors (Lipinski definition) is 4. The van der Waals surface area contributed by atoms with Crippen molar-refractivity contribution in [1.29, 1.82) is 0 Å². The lowest BCUT2D eigenvalue weighted by atomic mass is 10.1. The molecule has 2 aromatic heterocycles. The SMILES string of the molecule is CC(C)(C)NCc1c(Cn2cncn2)oc2ccccc12. The van der Waals surface area contributed by atoms with E-state index in [2.05, 4.69) is 42.2 Å². The summed E-state index contributed by atoms with van der Waals surface area (Å²) in [6, 6.07) is 8.13. The van der Waals surface area contributed by atoms with Gasteiger partial charge in [-0.3, -0.25) is 0 Å². The first kappa shape index (κ1) is 13.8. The van der Waals surface area contributed by atoms with Crippen molar-refractivity contribution in [1.82, 2.24) is 20.1 Å². The van der Waals surface area contributed by atoms with Gasteiger partial charge in [-0.15, -0.1) is 0 Å². The number of nitrogens with zero attached hydrogens (tertiary/aromatic N) is 3. The summed E-state index contributed by atoms with van der Waals surface area (Å²) in [6.07, 6.45) is 3.24. The summed E-state index contributed by atoms with van der Waals surface area (Å²) in [5.41, 5.74) is 2.16. The van der Waals surface area contributed by atoms with Crippen LogP contribution in [0.1, 0.15) is 32.1 Å². The predicted molar refractivity (Wildman–Crippen MR) is 81.9 cm³/mol. The maximum absolute atomic E-state index is 6.01. The van der Waals surface area contributed by atoms with Crippen LogP contribution in [-0.4, -0.2) is 20.3 Å². The minimum absolute atomic E-state index is 0.0584. The van der Waals surface area contributed by atoms with Gasteiger partial charge in [0, 0.05) is 23.0 Å². The number of furan rings is 1. The summed E-state index contributed by atoms with van der Waals surface area (Å²) in [7, 11) is 0. The molecule has 0 saturated heterocycles. The molecular formula is C16H20N4O. The van der Waals surface area contributed by atoms with Crippen molar-refractivity contribution in [2.75, 3.05) is 0 Å². The van der Waals surface area contributed by atoms with Crippen LogP contribution in [0.4, 0.5) is 0 Å². The van der Waals surface area contributed by atoms with E-state index in [0.717, 1.165) is 23.3 Å². The molecule has 0 spiro atoms. The lowest BCUT2D eigenvalue weighted by Gasteiger charge is -2.20. The Balaban J connectivity index is 1.97. The van der Waals surface area contributed by atoms with Gasteiger partial charge in [-0.1, -0.05) is 18.2 Å². The third kappa shape index (κ3) is 3.13. The topological polar surface area (TPSA) is 55.9 Å². The molecule has 5 nitrogen and oxygen atoms in total. The van der Waals surface area contributed by atoms with E-state index >= 15 is 0 Å². The molecule has 1 aromatic carbocycles. The molecule has 110 valence electrons. The molecule has 0 aliphatic carbocycles. The number of benzene rings is 1. The van der Waals surface area contributed by atoms with E-state index in [4.69, 9.17) is 4.42 Å². The smallest absolute Gasteiger partial charge is 0.137 e. The van der Waals surface area contributed by atoms with Crippen molar-refractivity contribution < 1.29 is 4.42 Å². The molecule has 1 N–H and O–H groups in total. The van der Waals surface area contributed by atoms with Gasteiger partial charge in [-0.25, -0.2) is 9.67 Å². The highest BCUT2D eigenvalue weighted by atomic mass is 16.3. The Labute approximate surface area is 124 Å². The normalized spacial score (nSPS) is 12.1.